The third kappa shape index (κ3) is 3.75. The number of anilines is 1. The average molecular weight is 398 g/mol. The van der Waals surface area contributed by atoms with Crippen molar-refractivity contribution >= 4 is 27.9 Å². The number of hydrogen-bond donors (Lipinski definition) is 1. The molecule has 0 atom stereocenters. The monoisotopic (exact) mass is 398 g/mol. The Bertz CT molecular complexity index is 951. The predicted molar refractivity (Wildman–Crippen MR) is 104 cm³/mol. The van der Waals surface area contributed by atoms with Gasteiger partial charge in [0, 0.05) is 22.7 Å². The molecule has 1 aromatic carbocycles. The van der Waals surface area contributed by atoms with Crippen LogP contribution in [0, 0.1) is 11.7 Å². The van der Waals surface area contributed by atoms with Gasteiger partial charge >= 0.3 is 0 Å². The van der Waals surface area contributed by atoms with Crippen LogP contribution in [0.1, 0.15) is 43.7 Å². The smallest absolute Gasteiger partial charge is 0.257 e. The van der Waals surface area contributed by atoms with E-state index in [-0.39, 0.29) is 11.5 Å². The summed E-state index contributed by atoms with van der Waals surface area (Å²) in [7, 11) is 0. The summed E-state index contributed by atoms with van der Waals surface area (Å²) in [4.78, 5) is 17.0. The molecule has 4 rings (SSSR count). The van der Waals surface area contributed by atoms with Gasteiger partial charge in [-0.15, -0.1) is 21.6 Å². The van der Waals surface area contributed by atoms with Gasteiger partial charge in [-0.2, -0.15) is 0 Å². The maximum absolute atomic E-state index is 14.9. The summed E-state index contributed by atoms with van der Waals surface area (Å²) in [6.45, 7) is 1.63. The SMILES string of the molecule is CC1(c2ccc(/C(=C\C3CCCC3)C(=O)Nc3nccs3)cc2F)N=NN=N1. The molecular weight excluding hydrogens is 379 g/mol. The van der Waals surface area contributed by atoms with E-state index < -0.39 is 11.5 Å². The highest BCUT2D eigenvalue weighted by molar-refractivity contribution is 7.13. The highest BCUT2D eigenvalue weighted by atomic mass is 32.1. The fraction of sp³-hybridized carbons (Fsp3) is 0.368. The Labute approximate surface area is 165 Å². The largest absolute Gasteiger partial charge is 0.298 e. The number of nitrogens with zero attached hydrogens (tertiary/aromatic N) is 5. The highest BCUT2D eigenvalue weighted by Gasteiger charge is 2.33. The minimum Gasteiger partial charge on any atom is -0.298 e. The van der Waals surface area contributed by atoms with E-state index in [1.54, 1.807) is 30.6 Å². The molecule has 1 aromatic heterocycles. The molecule has 28 heavy (non-hydrogen) atoms. The third-order valence-electron chi connectivity index (χ3n) is 5.01. The van der Waals surface area contributed by atoms with Crippen LogP contribution in [0.15, 0.2) is 56.5 Å². The van der Waals surface area contributed by atoms with Crippen molar-refractivity contribution < 1.29 is 9.18 Å². The van der Waals surface area contributed by atoms with Crippen molar-refractivity contribution in [2.75, 3.05) is 5.32 Å². The molecule has 7 nitrogen and oxygen atoms in total. The maximum atomic E-state index is 14.9. The van der Waals surface area contributed by atoms with Gasteiger partial charge in [0.25, 0.3) is 5.91 Å². The van der Waals surface area contributed by atoms with Crippen LogP contribution < -0.4 is 5.32 Å². The molecule has 0 bridgehead atoms. The quantitative estimate of drug-likeness (QED) is 0.674. The minimum atomic E-state index is -1.17. The molecule has 1 fully saturated rings. The van der Waals surface area contributed by atoms with Crippen LogP contribution in [0.3, 0.4) is 0 Å². The number of carbonyl (C=O) groups excluding carboxylic acids is 1. The van der Waals surface area contributed by atoms with Crippen LogP contribution in [0.25, 0.3) is 5.57 Å². The molecule has 1 saturated carbocycles. The molecule has 0 radical (unpaired) electrons. The van der Waals surface area contributed by atoms with Crippen LogP contribution in [0.5, 0.6) is 0 Å². The number of carbonyl (C=O) groups is 1. The zero-order valence-corrected chi connectivity index (χ0v) is 16.1. The van der Waals surface area contributed by atoms with Crippen LogP contribution in [0.2, 0.25) is 0 Å². The van der Waals surface area contributed by atoms with Crippen molar-refractivity contribution in [2.24, 2.45) is 26.6 Å². The summed E-state index contributed by atoms with van der Waals surface area (Å²) in [5.74, 6) is -0.477. The van der Waals surface area contributed by atoms with Crippen LogP contribution in [0.4, 0.5) is 9.52 Å². The van der Waals surface area contributed by atoms with Crippen molar-refractivity contribution in [3.63, 3.8) is 0 Å². The minimum absolute atomic E-state index is 0.266. The predicted octanol–water partition coefficient (Wildman–Crippen LogP) is 5.50. The van der Waals surface area contributed by atoms with E-state index >= 15 is 0 Å². The Balaban J connectivity index is 1.68. The van der Waals surface area contributed by atoms with Crippen molar-refractivity contribution in [3.05, 3.63) is 52.8 Å². The first-order valence-corrected chi connectivity index (χ1v) is 10.0. The van der Waals surface area contributed by atoms with Crippen molar-refractivity contribution in [2.45, 2.75) is 38.3 Å². The lowest BCUT2D eigenvalue weighted by molar-refractivity contribution is -0.111. The normalized spacial score (nSPS) is 18.7. The molecule has 144 valence electrons. The van der Waals surface area contributed by atoms with Crippen LogP contribution >= 0.6 is 11.3 Å². The Hall–Kier alpha value is -2.81. The van der Waals surface area contributed by atoms with Gasteiger partial charge in [0.05, 0.1) is 0 Å². The average Bonchev–Trinajstić information content (AvgIpc) is 3.43. The molecular formula is C19H19FN6OS. The summed E-state index contributed by atoms with van der Waals surface area (Å²) in [5.41, 5.74) is 0.0630. The second-order valence-electron chi connectivity index (χ2n) is 7.01. The number of halogens is 1. The van der Waals surface area contributed by atoms with Crippen LogP contribution in [-0.2, 0) is 10.5 Å². The van der Waals surface area contributed by atoms with E-state index in [4.69, 9.17) is 0 Å². The van der Waals surface area contributed by atoms with Gasteiger partial charge in [0.2, 0.25) is 5.66 Å². The summed E-state index contributed by atoms with van der Waals surface area (Å²) in [6, 6.07) is 4.66. The molecule has 0 unspecified atom stereocenters. The van der Waals surface area contributed by atoms with Gasteiger partial charge in [-0.3, -0.25) is 10.1 Å². The molecule has 0 saturated heterocycles. The van der Waals surface area contributed by atoms with Crippen molar-refractivity contribution in [3.8, 4) is 0 Å². The Morgan fingerprint density at radius 3 is 2.68 bits per heavy atom. The molecule has 1 amide bonds. The number of thiazole rings is 1. The van der Waals surface area contributed by atoms with Crippen molar-refractivity contribution in [1.82, 2.24) is 4.98 Å². The number of aromatic nitrogens is 1. The van der Waals surface area contributed by atoms with Gasteiger partial charge in [-0.1, -0.05) is 31.1 Å². The number of amides is 1. The number of benzene rings is 1. The van der Waals surface area contributed by atoms with Gasteiger partial charge in [-0.05, 0) is 47.8 Å². The Kier molecular flexibility index (Phi) is 5.08. The number of hydrogen-bond acceptors (Lipinski definition) is 7. The van der Waals surface area contributed by atoms with Gasteiger partial charge in [-0.25, -0.2) is 9.37 Å². The van der Waals surface area contributed by atoms with E-state index in [2.05, 4.69) is 31.0 Å². The molecule has 1 aliphatic heterocycles. The third-order valence-corrected chi connectivity index (χ3v) is 5.70. The summed E-state index contributed by atoms with van der Waals surface area (Å²) >= 11 is 1.34. The fourth-order valence-corrected chi connectivity index (χ4v) is 4.04. The van der Waals surface area contributed by atoms with E-state index in [0.29, 0.717) is 22.2 Å². The first-order chi connectivity index (χ1) is 13.5. The summed E-state index contributed by atoms with van der Waals surface area (Å²) < 4.78 is 14.9. The topological polar surface area (TPSA) is 91.4 Å². The molecule has 9 heteroatoms. The standard InChI is InChI=1S/C19H19FN6OS/c1-19(23-25-26-24-19)15-7-6-13(11-16(15)20)14(10-12-4-2-3-5-12)17(27)22-18-21-8-9-28-18/h6-12H,2-5H2,1H3,(H,21,22,27)/b14-10+. The zero-order chi connectivity index (χ0) is 19.6. The van der Waals surface area contributed by atoms with Crippen LogP contribution in [-0.4, -0.2) is 10.9 Å². The molecule has 2 aliphatic rings. The number of nitrogens with one attached hydrogen (secondary N) is 1. The van der Waals surface area contributed by atoms with E-state index in [9.17, 15) is 9.18 Å². The first kappa shape index (κ1) is 18.5. The van der Waals surface area contributed by atoms with E-state index in [0.717, 1.165) is 25.7 Å². The van der Waals surface area contributed by atoms with Gasteiger partial charge < -0.3 is 0 Å². The van der Waals surface area contributed by atoms with E-state index in [1.807, 2.05) is 6.08 Å². The Morgan fingerprint density at radius 1 is 1.29 bits per heavy atom. The zero-order valence-electron chi connectivity index (χ0n) is 15.3. The lowest BCUT2D eigenvalue weighted by Gasteiger charge is -2.17. The summed E-state index contributed by atoms with van der Waals surface area (Å²) in [5, 5.41) is 19.9. The van der Waals surface area contributed by atoms with Crippen molar-refractivity contribution in [1.29, 1.82) is 0 Å². The van der Waals surface area contributed by atoms with Gasteiger partial charge in [0.15, 0.2) is 5.13 Å². The fourth-order valence-electron chi connectivity index (χ4n) is 3.52. The first-order valence-electron chi connectivity index (χ1n) is 9.12. The highest BCUT2D eigenvalue weighted by Crippen LogP contribution is 2.35. The molecule has 1 aliphatic carbocycles. The maximum Gasteiger partial charge on any atom is 0.257 e. The molecule has 2 aromatic rings. The molecule has 0 spiro atoms. The lowest BCUT2D eigenvalue weighted by Crippen LogP contribution is -2.17. The lowest BCUT2D eigenvalue weighted by atomic mass is 9.94. The molecule has 2 heterocycles. The second kappa shape index (κ2) is 7.67. The van der Waals surface area contributed by atoms with Gasteiger partial charge in [0.1, 0.15) is 5.82 Å². The Morgan fingerprint density at radius 2 is 2.04 bits per heavy atom. The number of rotatable bonds is 5. The second-order valence-corrected chi connectivity index (χ2v) is 7.91. The molecule has 1 N–H and O–H groups in total. The number of allylic oxidation sites excluding steroid dienone is 1. The summed E-state index contributed by atoms with van der Waals surface area (Å²) in [6.07, 6.45) is 7.94. The van der Waals surface area contributed by atoms with E-state index in [1.165, 1.54) is 17.4 Å².